The molecule has 0 radical (unpaired) electrons. The smallest absolute Gasteiger partial charge is 0.293 e. The van der Waals surface area contributed by atoms with Gasteiger partial charge < -0.3 is 4.90 Å². The lowest BCUT2D eigenvalue weighted by atomic mass is 10.4. The molecule has 21 heavy (non-hydrogen) atoms. The van der Waals surface area contributed by atoms with Crippen molar-refractivity contribution in [2.75, 3.05) is 7.05 Å². The highest BCUT2D eigenvalue weighted by Crippen LogP contribution is 2.06. The van der Waals surface area contributed by atoms with Crippen molar-refractivity contribution in [3.63, 3.8) is 0 Å². The summed E-state index contributed by atoms with van der Waals surface area (Å²) in [6.45, 7) is 3.96. The minimum absolute atomic E-state index is 0.103. The van der Waals surface area contributed by atoms with E-state index in [0.717, 1.165) is 5.69 Å². The van der Waals surface area contributed by atoms with Crippen molar-refractivity contribution in [1.82, 2.24) is 39.7 Å². The number of nitrogens with one attached hydrogen (secondary N) is 1. The third kappa shape index (κ3) is 2.45. The van der Waals surface area contributed by atoms with E-state index >= 15 is 0 Å². The number of carbonyl (C=O) groups is 1. The Labute approximate surface area is 120 Å². The molecule has 0 aromatic carbocycles. The van der Waals surface area contributed by atoms with E-state index in [9.17, 15) is 4.79 Å². The minimum Gasteiger partial charge on any atom is -0.331 e. The number of aromatic nitrogens is 7. The van der Waals surface area contributed by atoms with Crippen LogP contribution >= 0.6 is 0 Å². The Bertz CT molecular complexity index is 805. The lowest BCUT2D eigenvalue weighted by Gasteiger charge is -2.12. The van der Waals surface area contributed by atoms with Crippen LogP contribution in [0, 0.1) is 13.8 Å². The summed E-state index contributed by atoms with van der Waals surface area (Å²) >= 11 is 0. The Balaban J connectivity index is 1.84. The van der Waals surface area contributed by atoms with E-state index in [2.05, 4.69) is 30.2 Å². The Morgan fingerprint density at radius 3 is 2.86 bits per heavy atom. The first-order valence-corrected chi connectivity index (χ1v) is 6.36. The molecule has 9 heteroatoms. The highest BCUT2D eigenvalue weighted by Gasteiger charge is 2.19. The van der Waals surface area contributed by atoms with Crippen molar-refractivity contribution < 1.29 is 4.79 Å². The van der Waals surface area contributed by atoms with Gasteiger partial charge in [-0.3, -0.25) is 9.89 Å². The molecule has 3 rings (SSSR count). The minimum atomic E-state index is -0.303. The topological polar surface area (TPSA) is 105 Å². The number of carbonyl (C=O) groups excluding carboxylic acids is 1. The largest absolute Gasteiger partial charge is 0.331 e. The van der Waals surface area contributed by atoms with Gasteiger partial charge in [0.25, 0.3) is 11.7 Å². The summed E-state index contributed by atoms with van der Waals surface area (Å²) in [7, 11) is 1.65. The Hall–Kier alpha value is -2.84. The maximum absolute atomic E-state index is 12.3. The van der Waals surface area contributed by atoms with Gasteiger partial charge in [-0.05, 0) is 19.9 Å². The number of amides is 1. The second kappa shape index (κ2) is 4.93. The highest BCUT2D eigenvalue weighted by molar-refractivity contribution is 5.90. The Morgan fingerprint density at radius 2 is 2.19 bits per heavy atom. The molecule has 108 valence electrons. The van der Waals surface area contributed by atoms with Crippen molar-refractivity contribution in [3.8, 4) is 0 Å². The van der Waals surface area contributed by atoms with Gasteiger partial charge in [0.05, 0.1) is 6.54 Å². The summed E-state index contributed by atoms with van der Waals surface area (Å²) in [6, 6.07) is 1.80. The van der Waals surface area contributed by atoms with Crippen LogP contribution in [0.1, 0.15) is 28.0 Å². The number of rotatable bonds is 3. The van der Waals surface area contributed by atoms with E-state index in [0.29, 0.717) is 17.4 Å². The molecule has 0 saturated carbocycles. The van der Waals surface area contributed by atoms with Gasteiger partial charge in [0.2, 0.25) is 5.82 Å². The van der Waals surface area contributed by atoms with Gasteiger partial charge in [-0.15, -0.1) is 5.10 Å². The first kappa shape index (κ1) is 13.2. The lowest BCUT2D eigenvalue weighted by Crippen LogP contribution is -2.27. The molecule has 3 heterocycles. The zero-order chi connectivity index (χ0) is 15.0. The molecule has 0 aliphatic heterocycles. The number of hydrogen-bond donors (Lipinski definition) is 1. The van der Waals surface area contributed by atoms with E-state index in [-0.39, 0.29) is 18.3 Å². The van der Waals surface area contributed by atoms with Crippen molar-refractivity contribution in [1.29, 1.82) is 0 Å². The number of nitrogens with zero attached hydrogens (tertiary/aromatic N) is 7. The van der Waals surface area contributed by atoms with Gasteiger partial charge in [0.1, 0.15) is 5.82 Å². The van der Waals surface area contributed by atoms with Crippen LogP contribution in [0.3, 0.4) is 0 Å². The third-order valence-corrected chi connectivity index (χ3v) is 2.99. The summed E-state index contributed by atoms with van der Waals surface area (Å²) in [5.74, 6) is 1.45. The molecule has 1 N–H and O–H groups in total. The van der Waals surface area contributed by atoms with Gasteiger partial charge in [0, 0.05) is 18.9 Å². The van der Waals surface area contributed by atoms with Crippen LogP contribution in [-0.4, -0.2) is 52.6 Å². The average molecular weight is 286 g/mol. The van der Waals surface area contributed by atoms with Crippen LogP contribution < -0.4 is 0 Å². The molecule has 0 aliphatic rings. The van der Waals surface area contributed by atoms with Gasteiger partial charge >= 0.3 is 0 Å². The van der Waals surface area contributed by atoms with E-state index in [1.54, 1.807) is 26.2 Å². The summed E-state index contributed by atoms with van der Waals surface area (Å²) < 4.78 is 1.54. The fourth-order valence-electron chi connectivity index (χ4n) is 1.91. The number of H-pyrrole nitrogens is 1. The van der Waals surface area contributed by atoms with Crippen LogP contribution in [-0.2, 0) is 6.54 Å². The molecule has 3 aromatic heterocycles. The predicted molar refractivity (Wildman–Crippen MR) is 72.4 cm³/mol. The van der Waals surface area contributed by atoms with E-state index < -0.39 is 0 Å². The third-order valence-electron chi connectivity index (χ3n) is 2.99. The van der Waals surface area contributed by atoms with Crippen molar-refractivity contribution in [2.45, 2.75) is 20.4 Å². The van der Waals surface area contributed by atoms with E-state index in [1.807, 2.05) is 6.92 Å². The van der Waals surface area contributed by atoms with Crippen LogP contribution in [0.5, 0.6) is 0 Å². The molecule has 0 unspecified atom stereocenters. The second-order valence-electron chi connectivity index (χ2n) is 4.73. The Morgan fingerprint density at radius 1 is 1.38 bits per heavy atom. The van der Waals surface area contributed by atoms with Gasteiger partial charge in [0.15, 0.2) is 5.82 Å². The van der Waals surface area contributed by atoms with Crippen molar-refractivity contribution >= 4 is 11.7 Å². The molecule has 1 amide bonds. The molecule has 3 aromatic rings. The standard InChI is InChI=1S/C12H14N8O/c1-7-4-5-13-12-15-10(18-20(7)12)11(21)19(3)6-9-14-8(2)16-17-9/h4-5H,6H2,1-3H3,(H,14,16,17). The molecule has 0 aliphatic carbocycles. The molecular weight excluding hydrogens is 272 g/mol. The SMILES string of the molecule is Cc1nc(CN(C)C(=O)c2nc3nccc(C)n3n2)n[nH]1. The van der Waals surface area contributed by atoms with Gasteiger partial charge in [-0.25, -0.2) is 14.5 Å². The fraction of sp³-hybridized carbons (Fsp3) is 0.333. The number of fused-ring (bicyclic) bond motifs is 1. The van der Waals surface area contributed by atoms with Crippen LogP contribution in [0.4, 0.5) is 0 Å². The number of aromatic amines is 1. The average Bonchev–Trinajstić information content (AvgIpc) is 3.05. The molecule has 0 fully saturated rings. The van der Waals surface area contributed by atoms with Crippen LogP contribution in [0.15, 0.2) is 12.3 Å². The Kier molecular flexibility index (Phi) is 3.09. The summed E-state index contributed by atoms with van der Waals surface area (Å²) in [5, 5.41) is 10.9. The normalized spacial score (nSPS) is 11.0. The maximum atomic E-state index is 12.3. The zero-order valence-electron chi connectivity index (χ0n) is 11.9. The molecule has 0 bridgehead atoms. The molecule has 0 saturated heterocycles. The first-order chi connectivity index (χ1) is 10.0. The van der Waals surface area contributed by atoms with Gasteiger partial charge in [-0.2, -0.15) is 10.1 Å². The van der Waals surface area contributed by atoms with Crippen molar-refractivity contribution in [3.05, 3.63) is 35.4 Å². The zero-order valence-corrected chi connectivity index (χ0v) is 11.9. The first-order valence-electron chi connectivity index (χ1n) is 6.36. The molecule has 9 nitrogen and oxygen atoms in total. The molecule has 0 atom stereocenters. The van der Waals surface area contributed by atoms with E-state index in [1.165, 1.54) is 9.42 Å². The summed E-state index contributed by atoms with van der Waals surface area (Å²) in [4.78, 5) is 26.2. The lowest BCUT2D eigenvalue weighted by molar-refractivity contribution is 0.0770. The second-order valence-corrected chi connectivity index (χ2v) is 4.73. The van der Waals surface area contributed by atoms with Gasteiger partial charge in [-0.1, -0.05) is 0 Å². The number of aryl methyl sites for hydroxylation is 2. The van der Waals surface area contributed by atoms with Crippen LogP contribution in [0.25, 0.3) is 5.78 Å². The van der Waals surface area contributed by atoms with E-state index in [4.69, 9.17) is 0 Å². The number of hydrogen-bond acceptors (Lipinski definition) is 6. The molecular formula is C12H14N8O. The van der Waals surface area contributed by atoms with Crippen molar-refractivity contribution in [2.24, 2.45) is 0 Å². The quantitative estimate of drug-likeness (QED) is 0.733. The molecule has 0 spiro atoms. The summed E-state index contributed by atoms with van der Waals surface area (Å²) in [5.41, 5.74) is 0.860. The summed E-state index contributed by atoms with van der Waals surface area (Å²) in [6.07, 6.45) is 1.63. The van der Waals surface area contributed by atoms with Crippen LogP contribution in [0.2, 0.25) is 0 Å². The highest BCUT2D eigenvalue weighted by atomic mass is 16.2. The maximum Gasteiger partial charge on any atom is 0.293 e. The predicted octanol–water partition coefficient (Wildman–Crippen LogP) is 0.131. The fourth-order valence-corrected chi connectivity index (χ4v) is 1.91. The monoisotopic (exact) mass is 286 g/mol.